The summed E-state index contributed by atoms with van der Waals surface area (Å²) in [4.78, 5) is 17.5. The molecule has 8 heteroatoms. The molecular weight excluding hydrogens is 503 g/mol. The Morgan fingerprint density at radius 1 is 1.05 bits per heavy atom. The van der Waals surface area contributed by atoms with Crippen LogP contribution < -0.4 is 9.61 Å². The van der Waals surface area contributed by atoms with Gasteiger partial charge in [0, 0.05) is 27.9 Å². The number of hydrogen-bond acceptors (Lipinski definition) is 4. The zero-order valence-electron chi connectivity index (χ0n) is 20.8. The van der Waals surface area contributed by atoms with Crippen LogP contribution in [0.1, 0.15) is 49.3 Å². The van der Waals surface area contributed by atoms with E-state index in [0.29, 0.717) is 16.3 Å². The lowest BCUT2D eigenvalue weighted by atomic mass is 9.93. The molecule has 1 aliphatic rings. The van der Waals surface area contributed by atoms with Gasteiger partial charge in [0.15, 0.2) is 5.43 Å². The van der Waals surface area contributed by atoms with Crippen LogP contribution in [-0.4, -0.2) is 18.0 Å². The van der Waals surface area contributed by atoms with Crippen LogP contribution in [0.15, 0.2) is 59.4 Å². The number of terminal acetylenes is 1. The van der Waals surface area contributed by atoms with Gasteiger partial charge in [-0.3, -0.25) is 4.79 Å². The second-order valence-corrected chi connectivity index (χ2v) is 10.9. The fraction of sp³-hybridized carbons (Fsp3) is 0.233. The number of nitrogens with one attached hydrogen (secondary N) is 1. The van der Waals surface area contributed by atoms with E-state index in [1.54, 1.807) is 12.1 Å². The highest BCUT2D eigenvalue weighted by molar-refractivity contribution is 7.81. The van der Waals surface area contributed by atoms with Crippen molar-refractivity contribution in [2.45, 2.75) is 45.1 Å². The first-order valence-corrected chi connectivity index (χ1v) is 13.9. The molecule has 0 bridgehead atoms. The molecule has 1 fully saturated rings. The standard InChI is InChI=1S/C30H25FN2O4S/c1-3-19-12-13-23-26(15-19)32-30-28(23)29(34)25-14-18(2)24(17-27(25)33(30)21-9-5-4-6-10-21)20-8-7-11-22(16-20)37-38(31,35)36/h1,7-8,11-17,21,32H,4-6,9-10H2,2H3. The second-order valence-electron chi connectivity index (χ2n) is 9.93. The first-order valence-electron chi connectivity index (χ1n) is 12.6. The predicted octanol–water partition coefficient (Wildman–Crippen LogP) is 6.69. The highest BCUT2D eigenvalue weighted by atomic mass is 32.3. The van der Waals surface area contributed by atoms with Crippen molar-refractivity contribution in [2.75, 3.05) is 0 Å². The van der Waals surface area contributed by atoms with Crippen molar-refractivity contribution < 1.29 is 16.5 Å². The third kappa shape index (κ3) is 4.13. The van der Waals surface area contributed by atoms with E-state index in [9.17, 15) is 17.1 Å². The van der Waals surface area contributed by atoms with Crippen molar-refractivity contribution in [1.82, 2.24) is 9.55 Å². The number of halogens is 1. The zero-order chi connectivity index (χ0) is 26.6. The van der Waals surface area contributed by atoms with Gasteiger partial charge < -0.3 is 13.7 Å². The molecule has 3 aromatic carbocycles. The quantitative estimate of drug-likeness (QED) is 0.208. The number of pyridine rings is 1. The van der Waals surface area contributed by atoms with E-state index in [-0.39, 0.29) is 17.2 Å². The number of hydrogen-bond donors (Lipinski definition) is 1. The maximum absolute atomic E-state index is 14.0. The lowest BCUT2D eigenvalue weighted by Gasteiger charge is -2.27. The normalized spacial score (nSPS) is 14.8. The molecule has 0 atom stereocenters. The van der Waals surface area contributed by atoms with Crippen LogP contribution in [0.5, 0.6) is 5.75 Å². The van der Waals surface area contributed by atoms with E-state index in [2.05, 4.69) is 19.7 Å². The Labute approximate surface area is 219 Å². The van der Waals surface area contributed by atoms with Crippen LogP contribution >= 0.6 is 0 Å². The third-order valence-electron chi connectivity index (χ3n) is 7.54. The van der Waals surface area contributed by atoms with Gasteiger partial charge in [0.05, 0.1) is 10.9 Å². The topological polar surface area (TPSA) is 81.2 Å². The smallest absolute Gasteiger partial charge is 0.358 e. The van der Waals surface area contributed by atoms with Gasteiger partial charge in [-0.05, 0) is 72.9 Å². The molecule has 2 heterocycles. The van der Waals surface area contributed by atoms with Crippen molar-refractivity contribution in [2.24, 2.45) is 0 Å². The first kappa shape index (κ1) is 24.3. The maximum Gasteiger partial charge on any atom is 0.488 e. The Morgan fingerprint density at radius 3 is 2.58 bits per heavy atom. The summed E-state index contributed by atoms with van der Waals surface area (Å²) in [5.74, 6) is 2.54. The highest BCUT2D eigenvalue weighted by Gasteiger charge is 2.24. The fourth-order valence-corrected chi connectivity index (χ4v) is 6.21. The number of fused-ring (bicyclic) bond motifs is 4. The van der Waals surface area contributed by atoms with Gasteiger partial charge in [-0.15, -0.1) is 6.42 Å². The number of aryl methyl sites for hydroxylation is 1. The summed E-state index contributed by atoms with van der Waals surface area (Å²) in [6, 6.07) is 16.0. The summed E-state index contributed by atoms with van der Waals surface area (Å²) >= 11 is 0. The van der Waals surface area contributed by atoms with Gasteiger partial charge in [-0.25, -0.2) is 0 Å². The van der Waals surface area contributed by atoms with Gasteiger partial charge in [-0.1, -0.05) is 47.3 Å². The number of H-pyrrole nitrogens is 1. The number of aromatic amines is 1. The summed E-state index contributed by atoms with van der Waals surface area (Å²) in [6.45, 7) is 1.90. The van der Waals surface area contributed by atoms with Crippen LogP contribution in [0.4, 0.5) is 3.89 Å². The van der Waals surface area contributed by atoms with E-state index in [1.807, 2.05) is 37.3 Å². The zero-order valence-corrected chi connectivity index (χ0v) is 21.6. The summed E-state index contributed by atoms with van der Waals surface area (Å²) in [5.41, 5.74) is 5.35. The van der Waals surface area contributed by atoms with Crippen molar-refractivity contribution in [3.63, 3.8) is 0 Å². The van der Waals surface area contributed by atoms with E-state index in [1.165, 1.54) is 18.6 Å². The summed E-state index contributed by atoms with van der Waals surface area (Å²) < 4.78 is 42.0. The van der Waals surface area contributed by atoms with Crippen molar-refractivity contribution in [3.05, 3.63) is 75.9 Å². The number of rotatable bonds is 4. The molecule has 1 saturated carbocycles. The summed E-state index contributed by atoms with van der Waals surface area (Å²) in [5, 5.41) is 2.11. The molecule has 0 saturated heterocycles. The van der Waals surface area contributed by atoms with Crippen LogP contribution in [0, 0.1) is 19.3 Å². The molecule has 1 aliphatic carbocycles. The Kier molecular flexibility index (Phi) is 5.77. The molecule has 38 heavy (non-hydrogen) atoms. The monoisotopic (exact) mass is 528 g/mol. The van der Waals surface area contributed by atoms with Gasteiger partial charge >= 0.3 is 10.5 Å². The Bertz CT molecular complexity index is 1960. The molecule has 0 unspecified atom stereocenters. The molecule has 2 aromatic heterocycles. The number of nitrogens with zero attached hydrogens (tertiary/aromatic N) is 1. The fourth-order valence-electron chi connectivity index (χ4n) is 5.88. The molecule has 6 nitrogen and oxygen atoms in total. The van der Waals surface area contributed by atoms with Crippen molar-refractivity contribution in [1.29, 1.82) is 0 Å². The van der Waals surface area contributed by atoms with E-state index < -0.39 is 10.5 Å². The van der Waals surface area contributed by atoms with E-state index in [4.69, 9.17) is 6.42 Å². The minimum Gasteiger partial charge on any atom is -0.358 e. The second kappa shape index (κ2) is 9.03. The molecule has 192 valence electrons. The average molecular weight is 529 g/mol. The Morgan fingerprint density at radius 2 is 1.84 bits per heavy atom. The lowest BCUT2D eigenvalue weighted by Crippen LogP contribution is -2.18. The molecule has 1 N–H and O–H groups in total. The van der Waals surface area contributed by atoms with Crippen LogP contribution in [0.3, 0.4) is 0 Å². The van der Waals surface area contributed by atoms with Crippen LogP contribution in [-0.2, 0) is 10.5 Å². The average Bonchev–Trinajstić information content (AvgIpc) is 3.27. The van der Waals surface area contributed by atoms with Crippen molar-refractivity contribution >= 4 is 43.3 Å². The lowest BCUT2D eigenvalue weighted by molar-refractivity contribution is 0.365. The summed E-state index contributed by atoms with van der Waals surface area (Å²) in [7, 11) is -5.15. The van der Waals surface area contributed by atoms with Gasteiger partial charge in [0.25, 0.3) is 0 Å². The minimum absolute atomic E-state index is 0.0583. The molecule has 0 amide bonds. The first-order chi connectivity index (χ1) is 18.2. The number of benzene rings is 3. The molecule has 5 aromatic rings. The molecule has 0 aliphatic heterocycles. The predicted molar refractivity (Wildman–Crippen MR) is 148 cm³/mol. The Balaban J connectivity index is 1.67. The highest BCUT2D eigenvalue weighted by Crippen LogP contribution is 2.38. The maximum atomic E-state index is 14.0. The third-order valence-corrected chi connectivity index (χ3v) is 7.93. The SMILES string of the molecule is C#Cc1ccc2c(c1)[nH]c1c2c(=O)c2cc(C)c(-c3cccc(OS(=O)(=O)F)c3)cc2n1C1CCCCC1. The number of aromatic nitrogens is 2. The van der Waals surface area contributed by atoms with Crippen LogP contribution in [0.2, 0.25) is 0 Å². The van der Waals surface area contributed by atoms with Crippen LogP contribution in [0.25, 0.3) is 44.0 Å². The van der Waals surface area contributed by atoms with Gasteiger partial charge in [0.1, 0.15) is 11.4 Å². The molecule has 0 spiro atoms. The van der Waals surface area contributed by atoms with Crippen molar-refractivity contribution in [3.8, 4) is 29.2 Å². The Hall–Kier alpha value is -4.09. The van der Waals surface area contributed by atoms with E-state index in [0.717, 1.165) is 64.4 Å². The molecule has 0 radical (unpaired) electrons. The summed E-state index contributed by atoms with van der Waals surface area (Å²) in [6.07, 6.45) is 11.0. The largest absolute Gasteiger partial charge is 0.488 e. The van der Waals surface area contributed by atoms with Gasteiger partial charge in [0.2, 0.25) is 0 Å². The molecular formula is C30H25FN2O4S. The minimum atomic E-state index is -5.15. The van der Waals surface area contributed by atoms with Gasteiger partial charge in [-0.2, -0.15) is 8.42 Å². The van der Waals surface area contributed by atoms with E-state index >= 15 is 0 Å². The molecule has 6 rings (SSSR count).